The highest BCUT2D eigenvalue weighted by Crippen LogP contribution is 2.41. The van der Waals surface area contributed by atoms with Gasteiger partial charge < -0.3 is 25.4 Å². The standard InChI is InChI=1S/C24H24ClN7O3/c1-24(13-33)12-29-21-15(9-26)6-14(7-17(21)24)18-4-5-27-23(30-18)31-19-8-16(25)10-28-22(19)35-11-20(34)32(2)3/h4-8,10,29,33H,11-13H2,1-3H3,(H,27,30,31)/t24-/m1/s1. The third-order valence-corrected chi connectivity index (χ3v) is 5.97. The summed E-state index contributed by atoms with van der Waals surface area (Å²) in [5, 5.41) is 26.3. The van der Waals surface area contributed by atoms with E-state index in [0.29, 0.717) is 34.1 Å². The topological polar surface area (TPSA) is 136 Å². The lowest BCUT2D eigenvalue weighted by atomic mass is 9.83. The zero-order valence-electron chi connectivity index (χ0n) is 19.5. The molecule has 1 aliphatic heterocycles. The Labute approximate surface area is 207 Å². The number of rotatable bonds is 7. The van der Waals surface area contributed by atoms with E-state index < -0.39 is 5.41 Å². The Morgan fingerprint density at radius 2 is 2.17 bits per heavy atom. The Kier molecular flexibility index (Phi) is 6.73. The van der Waals surface area contributed by atoms with Crippen LogP contribution in [0, 0.1) is 11.3 Å². The zero-order chi connectivity index (χ0) is 25.2. The molecule has 10 nitrogen and oxygen atoms in total. The number of anilines is 3. The number of carbonyl (C=O) groups is 1. The molecule has 1 atom stereocenters. The lowest BCUT2D eigenvalue weighted by Gasteiger charge is -2.21. The van der Waals surface area contributed by atoms with Crippen LogP contribution in [-0.2, 0) is 10.2 Å². The van der Waals surface area contributed by atoms with Gasteiger partial charge in [-0.3, -0.25) is 4.79 Å². The van der Waals surface area contributed by atoms with Crippen LogP contribution in [0.5, 0.6) is 5.88 Å². The van der Waals surface area contributed by atoms with Crippen LogP contribution >= 0.6 is 11.6 Å². The van der Waals surface area contributed by atoms with Crippen molar-refractivity contribution in [3.8, 4) is 23.2 Å². The molecule has 180 valence electrons. The van der Waals surface area contributed by atoms with Crippen molar-refractivity contribution in [2.45, 2.75) is 12.3 Å². The molecular formula is C24H24ClN7O3. The van der Waals surface area contributed by atoms with E-state index in [-0.39, 0.29) is 30.9 Å². The number of amides is 1. The first-order chi connectivity index (χ1) is 16.7. The Hall–Kier alpha value is -3.94. The minimum atomic E-state index is -0.506. The van der Waals surface area contributed by atoms with Crippen LogP contribution < -0.4 is 15.4 Å². The Morgan fingerprint density at radius 1 is 1.37 bits per heavy atom. The predicted octanol–water partition coefficient (Wildman–Crippen LogP) is 2.95. The van der Waals surface area contributed by atoms with Gasteiger partial charge in [-0.1, -0.05) is 18.5 Å². The van der Waals surface area contributed by atoms with Crippen LogP contribution in [0.15, 0.2) is 36.7 Å². The average molecular weight is 494 g/mol. The van der Waals surface area contributed by atoms with Crippen molar-refractivity contribution >= 4 is 34.8 Å². The highest BCUT2D eigenvalue weighted by atomic mass is 35.5. The molecule has 0 saturated carbocycles. The average Bonchev–Trinajstić information content (AvgIpc) is 3.20. The number of likely N-dealkylation sites (N-methyl/N-ethyl adjacent to an activating group) is 1. The molecule has 0 aliphatic carbocycles. The quantitative estimate of drug-likeness (QED) is 0.453. The highest BCUT2D eigenvalue weighted by Gasteiger charge is 2.36. The lowest BCUT2D eigenvalue weighted by molar-refractivity contribution is -0.130. The number of aliphatic hydroxyl groups excluding tert-OH is 1. The number of hydrogen-bond acceptors (Lipinski definition) is 9. The summed E-state index contributed by atoms with van der Waals surface area (Å²) in [5.74, 6) is 0.199. The van der Waals surface area contributed by atoms with Gasteiger partial charge in [0.2, 0.25) is 11.8 Å². The normalized spacial score (nSPS) is 16.1. The van der Waals surface area contributed by atoms with E-state index in [4.69, 9.17) is 16.3 Å². The van der Waals surface area contributed by atoms with Gasteiger partial charge in [0.15, 0.2) is 6.61 Å². The number of nitrogens with one attached hydrogen (secondary N) is 2. The molecule has 3 heterocycles. The number of nitriles is 1. The Balaban J connectivity index is 1.66. The second-order valence-corrected chi connectivity index (χ2v) is 9.04. The highest BCUT2D eigenvalue weighted by molar-refractivity contribution is 6.30. The van der Waals surface area contributed by atoms with Crippen LogP contribution in [0.3, 0.4) is 0 Å². The number of nitrogens with zero attached hydrogens (tertiary/aromatic N) is 5. The van der Waals surface area contributed by atoms with E-state index >= 15 is 0 Å². The monoisotopic (exact) mass is 493 g/mol. The zero-order valence-corrected chi connectivity index (χ0v) is 20.2. The van der Waals surface area contributed by atoms with E-state index in [0.717, 1.165) is 11.3 Å². The summed E-state index contributed by atoms with van der Waals surface area (Å²) >= 11 is 6.12. The molecule has 1 aromatic carbocycles. The van der Waals surface area contributed by atoms with Gasteiger partial charge in [-0.15, -0.1) is 0 Å². The number of hydrogen-bond donors (Lipinski definition) is 3. The predicted molar refractivity (Wildman–Crippen MR) is 132 cm³/mol. The molecule has 0 bridgehead atoms. The summed E-state index contributed by atoms with van der Waals surface area (Å²) in [6.45, 7) is 2.23. The summed E-state index contributed by atoms with van der Waals surface area (Å²) in [4.78, 5) is 26.4. The van der Waals surface area contributed by atoms with Crippen molar-refractivity contribution in [2.24, 2.45) is 0 Å². The van der Waals surface area contributed by atoms with E-state index in [1.54, 1.807) is 38.5 Å². The maximum absolute atomic E-state index is 11.9. The van der Waals surface area contributed by atoms with Crippen molar-refractivity contribution in [3.05, 3.63) is 52.8 Å². The third-order valence-electron chi connectivity index (χ3n) is 5.76. The fraction of sp³-hybridized carbons (Fsp3) is 0.292. The molecule has 1 aliphatic rings. The SMILES string of the molecule is CN(C)C(=O)COc1ncc(Cl)cc1Nc1nccc(-c2cc(C#N)c3c(c2)[C@@](C)(CO)CN3)n1. The molecule has 1 amide bonds. The van der Waals surface area contributed by atoms with E-state index in [1.165, 1.54) is 11.1 Å². The Bertz CT molecular complexity index is 1320. The molecular weight excluding hydrogens is 470 g/mol. The first kappa shape index (κ1) is 24.2. The van der Waals surface area contributed by atoms with Gasteiger partial charge in [0.05, 0.1) is 28.6 Å². The molecule has 3 N–H and O–H groups in total. The third kappa shape index (κ3) is 4.96. The van der Waals surface area contributed by atoms with E-state index in [9.17, 15) is 15.2 Å². The first-order valence-electron chi connectivity index (χ1n) is 10.8. The second-order valence-electron chi connectivity index (χ2n) is 8.60. The van der Waals surface area contributed by atoms with E-state index in [1.807, 2.05) is 13.0 Å². The lowest BCUT2D eigenvalue weighted by Crippen LogP contribution is -2.28. The largest absolute Gasteiger partial charge is 0.466 e. The van der Waals surface area contributed by atoms with Gasteiger partial charge in [0, 0.05) is 44.0 Å². The van der Waals surface area contributed by atoms with Gasteiger partial charge in [-0.25, -0.2) is 15.0 Å². The van der Waals surface area contributed by atoms with Gasteiger partial charge in [0.25, 0.3) is 5.91 Å². The van der Waals surface area contributed by atoms with Crippen molar-refractivity contribution < 1.29 is 14.6 Å². The molecule has 0 saturated heterocycles. The molecule has 3 aromatic rings. The van der Waals surface area contributed by atoms with Crippen molar-refractivity contribution in [1.82, 2.24) is 19.9 Å². The minimum Gasteiger partial charge on any atom is -0.466 e. The van der Waals surface area contributed by atoms with Gasteiger partial charge in [-0.05, 0) is 29.8 Å². The van der Waals surface area contributed by atoms with Crippen LogP contribution in [0.1, 0.15) is 18.1 Å². The van der Waals surface area contributed by atoms with Crippen LogP contribution in [-0.4, -0.2) is 64.7 Å². The molecule has 0 unspecified atom stereocenters. The van der Waals surface area contributed by atoms with E-state index in [2.05, 4.69) is 31.7 Å². The summed E-state index contributed by atoms with van der Waals surface area (Å²) < 4.78 is 5.57. The first-order valence-corrected chi connectivity index (χ1v) is 11.1. The smallest absolute Gasteiger partial charge is 0.260 e. The molecule has 0 radical (unpaired) electrons. The number of halogens is 1. The number of aromatic nitrogens is 3. The van der Waals surface area contributed by atoms with Crippen LogP contribution in [0.4, 0.5) is 17.3 Å². The number of carbonyl (C=O) groups excluding carboxylic acids is 1. The number of benzene rings is 1. The number of ether oxygens (including phenoxy) is 1. The van der Waals surface area contributed by atoms with Crippen molar-refractivity contribution in [2.75, 3.05) is 44.5 Å². The summed E-state index contributed by atoms with van der Waals surface area (Å²) in [6, 6.07) is 9.24. The van der Waals surface area contributed by atoms with Crippen LogP contribution in [0.2, 0.25) is 5.02 Å². The Morgan fingerprint density at radius 3 is 2.89 bits per heavy atom. The van der Waals surface area contributed by atoms with Gasteiger partial charge in [0.1, 0.15) is 11.8 Å². The molecule has 4 rings (SSSR count). The summed E-state index contributed by atoms with van der Waals surface area (Å²) in [5.41, 5.74) is 3.25. The molecule has 0 fully saturated rings. The van der Waals surface area contributed by atoms with Gasteiger partial charge in [-0.2, -0.15) is 5.26 Å². The maximum atomic E-state index is 11.9. The van der Waals surface area contributed by atoms with Crippen molar-refractivity contribution in [1.29, 1.82) is 5.26 Å². The summed E-state index contributed by atoms with van der Waals surface area (Å²) in [7, 11) is 3.27. The maximum Gasteiger partial charge on any atom is 0.260 e. The fourth-order valence-corrected chi connectivity index (χ4v) is 3.81. The minimum absolute atomic E-state index is 0.0568. The number of aliphatic hydroxyl groups is 1. The van der Waals surface area contributed by atoms with Crippen molar-refractivity contribution in [3.63, 3.8) is 0 Å². The molecule has 35 heavy (non-hydrogen) atoms. The molecule has 11 heteroatoms. The fourth-order valence-electron chi connectivity index (χ4n) is 3.66. The molecule has 2 aromatic heterocycles. The van der Waals surface area contributed by atoms with Crippen LogP contribution in [0.25, 0.3) is 11.3 Å². The van der Waals surface area contributed by atoms with Gasteiger partial charge >= 0.3 is 0 Å². The summed E-state index contributed by atoms with van der Waals surface area (Å²) in [6.07, 6.45) is 3.00. The molecule has 0 spiro atoms. The second kappa shape index (κ2) is 9.74. The number of pyridine rings is 1. The number of fused-ring (bicyclic) bond motifs is 1.